The molecule has 0 radical (unpaired) electrons. The van der Waals surface area contributed by atoms with Crippen LogP contribution in [0.2, 0.25) is 0 Å². The van der Waals surface area contributed by atoms with E-state index >= 15 is 0 Å². The third-order valence-electron chi connectivity index (χ3n) is 13.8. The Hall–Kier alpha value is -4.37. The molecule has 10 atom stereocenters. The van der Waals surface area contributed by atoms with Crippen LogP contribution >= 0.6 is 23.8 Å². The van der Waals surface area contributed by atoms with E-state index in [1.165, 1.54) is 12.1 Å². The summed E-state index contributed by atoms with van der Waals surface area (Å²) < 4.78 is 31.7. The SMILES string of the molecule is C[C@]12C=CC(=O)C=C1CC[C@@H]1[C@@H]2[C@@H](O)C[C@@]2(C)[C@H]1C[C@H]1O[C@@H](c3ccn(Cc4cc(CO)cc(NC(=O)[C@H](CCC(=O)O)NC(=O)CNC(=O)CBr)c4)c3)O[C@]12C(=O)COP(=O)(O)O. The summed E-state index contributed by atoms with van der Waals surface area (Å²) in [6.07, 6.45) is 6.69. The van der Waals surface area contributed by atoms with Crippen LogP contribution in [0.4, 0.5) is 5.69 Å². The van der Waals surface area contributed by atoms with Crippen molar-refractivity contribution in [3.63, 3.8) is 0 Å². The Morgan fingerprint density at radius 1 is 1.11 bits per heavy atom. The average Bonchev–Trinajstić information content (AvgIpc) is 3.92. The summed E-state index contributed by atoms with van der Waals surface area (Å²) in [5.74, 6) is -4.46. The van der Waals surface area contributed by atoms with Gasteiger partial charge in [0.05, 0.1) is 30.7 Å². The molecule has 1 aliphatic heterocycles. The Labute approximate surface area is 376 Å². The number of ether oxygens (including phenoxy) is 2. The highest BCUT2D eigenvalue weighted by atomic mass is 79.9. The second-order valence-electron chi connectivity index (χ2n) is 17.7. The van der Waals surface area contributed by atoms with Gasteiger partial charge in [-0.2, -0.15) is 0 Å². The monoisotopic (exact) mass is 974 g/mol. The van der Waals surface area contributed by atoms with E-state index in [0.29, 0.717) is 36.0 Å². The highest BCUT2D eigenvalue weighted by Gasteiger charge is 2.76. The van der Waals surface area contributed by atoms with Gasteiger partial charge in [-0.25, -0.2) is 4.57 Å². The molecule has 3 saturated carbocycles. The summed E-state index contributed by atoms with van der Waals surface area (Å²) in [6, 6.07) is 5.33. The summed E-state index contributed by atoms with van der Waals surface area (Å²) in [5.41, 5.74) is -0.612. The number of benzene rings is 1. The van der Waals surface area contributed by atoms with Crippen LogP contribution in [-0.4, -0.2) is 107 Å². The van der Waals surface area contributed by atoms with Gasteiger partial charge in [-0.15, -0.1) is 0 Å². The van der Waals surface area contributed by atoms with Crippen LogP contribution in [0.15, 0.2) is 60.5 Å². The van der Waals surface area contributed by atoms with Crippen molar-refractivity contribution in [2.24, 2.45) is 28.6 Å². The number of hydrogen-bond donors (Lipinski definition) is 8. The second kappa shape index (κ2) is 18.5. The van der Waals surface area contributed by atoms with E-state index in [4.69, 9.17) is 14.0 Å². The van der Waals surface area contributed by atoms with Gasteiger partial charge in [-0.1, -0.05) is 47.5 Å². The van der Waals surface area contributed by atoms with E-state index < -0.39 is 104 Å². The van der Waals surface area contributed by atoms with E-state index in [0.717, 1.165) is 5.57 Å². The number of nitrogens with one attached hydrogen (secondary N) is 3. The summed E-state index contributed by atoms with van der Waals surface area (Å²) in [6.45, 7) is 2.31. The van der Waals surface area contributed by atoms with E-state index in [2.05, 4.69) is 31.9 Å². The molecule has 0 bridgehead atoms. The number of carbonyl (C=O) groups is 6. The topological polar surface area (TPSA) is 289 Å². The molecule has 2 heterocycles. The molecule has 1 saturated heterocycles. The number of halogens is 1. The van der Waals surface area contributed by atoms with Gasteiger partial charge in [0.2, 0.25) is 17.7 Å². The Morgan fingerprint density at radius 3 is 2.56 bits per heavy atom. The molecule has 2 aromatic rings. The molecule has 5 aliphatic rings. The number of allylic oxidation sites excluding steroid dienone is 4. The summed E-state index contributed by atoms with van der Waals surface area (Å²) in [5, 5.41) is 38.8. The van der Waals surface area contributed by atoms with E-state index in [9.17, 15) is 58.4 Å². The first-order valence-corrected chi connectivity index (χ1v) is 23.6. The van der Waals surface area contributed by atoms with Gasteiger partial charge >= 0.3 is 13.8 Å². The molecular weight excluding hydrogens is 923 g/mol. The van der Waals surface area contributed by atoms with E-state index in [-0.39, 0.29) is 53.9 Å². The van der Waals surface area contributed by atoms with Crippen molar-refractivity contribution in [3.05, 3.63) is 77.2 Å². The number of nitrogens with zero attached hydrogens (tertiary/aromatic N) is 1. The fourth-order valence-electron chi connectivity index (χ4n) is 11.1. The molecule has 0 spiro atoms. The smallest absolute Gasteiger partial charge is 0.470 e. The van der Waals surface area contributed by atoms with Crippen LogP contribution < -0.4 is 16.0 Å². The van der Waals surface area contributed by atoms with Crippen LogP contribution in [0, 0.1) is 28.6 Å². The first-order chi connectivity index (χ1) is 30.2. The standard InChI is InChI=1S/C43H52BrN4O15P/c1-41-9-7-28(50)14-26(41)3-4-29-30-15-34-43(33(52)22-61-64(58,59)60,42(30,2)16-32(51)38(29)41)63-40(62-34)25-8-10-48(20-25)19-23-11-24(21-49)13-27(12-23)46-39(57)31(5-6-37(55)56)47-36(54)18-45-35(53)17-44/h7-14,20,29-32,34,38,40,49,51H,3-6,15-19,21-22H2,1-2H3,(H,45,53)(H,46,57)(H,47,54)(H,55,56)(H2,58,59,60)/t29-,30-,31-,32-,34+,38+,40+,41-,42-,43+/m0/s1. The van der Waals surface area contributed by atoms with Gasteiger partial charge in [0, 0.05) is 53.4 Å². The number of phosphoric acid groups is 1. The van der Waals surface area contributed by atoms with Crippen LogP contribution in [-0.2, 0) is 60.5 Å². The number of aliphatic hydroxyl groups excluding tert-OH is 2. The molecule has 3 amide bonds. The summed E-state index contributed by atoms with van der Waals surface area (Å²) in [7, 11) is -5.07. The lowest BCUT2D eigenvalue weighted by Crippen LogP contribution is -2.63. The summed E-state index contributed by atoms with van der Waals surface area (Å²) in [4.78, 5) is 94.7. The number of aromatic nitrogens is 1. The van der Waals surface area contributed by atoms with Gasteiger partial charge in [-0.3, -0.25) is 33.3 Å². The van der Waals surface area contributed by atoms with Crippen LogP contribution in [0.5, 0.6) is 0 Å². The molecule has 7 rings (SSSR count). The van der Waals surface area contributed by atoms with Crippen molar-refractivity contribution in [3.8, 4) is 0 Å². The fraction of sp³-hybridized carbons (Fsp3) is 0.535. The first-order valence-electron chi connectivity index (χ1n) is 20.9. The van der Waals surface area contributed by atoms with E-state index in [1.807, 2.05) is 19.9 Å². The number of carboxylic acid groups (broad SMARTS) is 1. The highest BCUT2D eigenvalue weighted by Crippen LogP contribution is 2.70. The third kappa shape index (κ3) is 9.35. The van der Waals surface area contributed by atoms with Crippen LogP contribution in [0.25, 0.3) is 0 Å². The number of Topliss-reactive ketones (excluding diaryl/α,β-unsaturated/α-hetero) is 1. The Kier molecular flexibility index (Phi) is 13.7. The number of ketones is 2. The Balaban J connectivity index is 1.10. The molecular formula is C43H52BrN4O15P. The molecule has 1 aromatic heterocycles. The number of amides is 3. The zero-order chi connectivity index (χ0) is 46.4. The van der Waals surface area contributed by atoms with Gasteiger partial charge in [-0.05, 0) is 85.4 Å². The molecule has 21 heteroatoms. The quantitative estimate of drug-likeness (QED) is 0.0835. The largest absolute Gasteiger partial charge is 0.481 e. The van der Waals surface area contributed by atoms with E-state index in [1.54, 1.807) is 41.2 Å². The van der Waals surface area contributed by atoms with Crippen molar-refractivity contribution in [1.82, 2.24) is 15.2 Å². The zero-order valence-corrected chi connectivity index (χ0v) is 37.6. The predicted molar refractivity (Wildman–Crippen MR) is 228 cm³/mol. The molecule has 19 nitrogen and oxygen atoms in total. The zero-order valence-electron chi connectivity index (χ0n) is 35.1. The minimum absolute atomic E-state index is 0.0444. The Morgan fingerprint density at radius 2 is 1.86 bits per heavy atom. The highest BCUT2D eigenvalue weighted by molar-refractivity contribution is 9.09. The lowest BCUT2D eigenvalue weighted by molar-refractivity contribution is -0.200. The number of hydrogen-bond acceptors (Lipinski definition) is 12. The first kappa shape index (κ1) is 47.6. The van der Waals surface area contributed by atoms with Gasteiger partial charge in [0.15, 0.2) is 23.5 Å². The van der Waals surface area contributed by atoms with Crippen LogP contribution in [0.3, 0.4) is 0 Å². The van der Waals surface area contributed by atoms with Gasteiger partial charge in [0.1, 0.15) is 12.6 Å². The van der Waals surface area contributed by atoms with Gasteiger partial charge < -0.3 is 55.1 Å². The molecule has 0 unspecified atom stereocenters. The van der Waals surface area contributed by atoms with Crippen molar-refractivity contribution >= 4 is 64.7 Å². The van der Waals surface area contributed by atoms with Crippen molar-refractivity contribution in [2.75, 3.05) is 23.8 Å². The number of carbonyl (C=O) groups excluding carboxylic acids is 5. The third-order valence-corrected chi connectivity index (χ3v) is 14.8. The van der Waals surface area contributed by atoms with Crippen LogP contribution in [0.1, 0.15) is 75.4 Å². The fourth-order valence-corrected chi connectivity index (χ4v) is 11.6. The molecule has 64 heavy (non-hydrogen) atoms. The number of rotatable bonds is 17. The number of carboxylic acids is 1. The number of fused-ring (bicyclic) bond motifs is 7. The van der Waals surface area contributed by atoms with Crippen molar-refractivity contribution in [2.45, 2.75) is 95.7 Å². The molecule has 8 N–H and O–H groups in total. The lowest BCUT2D eigenvalue weighted by atomic mass is 9.46. The van der Waals surface area contributed by atoms with Gasteiger partial charge in [0.25, 0.3) is 0 Å². The van der Waals surface area contributed by atoms with Crippen molar-refractivity contribution < 1.29 is 72.4 Å². The number of aliphatic carboxylic acids is 1. The maximum absolute atomic E-state index is 14.4. The number of anilines is 1. The minimum Gasteiger partial charge on any atom is -0.481 e. The molecule has 4 fully saturated rings. The molecule has 4 aliphatic carbocycles. The number of phosphoric ester groups is 1. The number of alkyl halides is 1. The number of aliphatic hydroxyl groups is 2. The maximum Gasteiger partial charge on any atom is 0.470 e. The molecule has 346 valence electrons. The molecule has 1 aromatic carbocycles. The Bertz CT molecular complexity index is 2330. The summed E-state index contributed by atoms with van der Waals surface area (Å²) >= 11 is 2.97. The van der Waals surface area contributed by atoms with Crippen molar-refractivity contribution in [1.29, 1.82) is 0 Å². The maximum atomic E-state index is 14.4. The minimum atomic E-state index is -5.07. The average molecular weight is 976 g/mol. The predicted octanol–water partition coefficient (Wildman–Crippen LogP) is 2.55. The normalized spacial score (nSPS) is 30.9. The lowest BCUT2D eigenvalue weighted by Gasteiger charge is -2.59. The second-order valence-corrected chi connectivity index (χ2v) is 19.5.